The highest BCUT2D eigenvalue weighted by molar-refractivity contribution is 5.60. The maximum Gasteiger partial charge on any atom is 0.238 e. The fraction of sp³-hybridized carbons (Fsp3) is 0.200. The molecule has 174 valence electrons. The summed E-state index contributed by atoms with van der Waals surface area (Å²) in [5, 5.41) is 4.68. The molecule has 10 heteroatoms. The topological polar surface area (TPSA) is 106 Å². The van der Waals surface area contributed by atoms with E-state index in [1.54, 1.807) is 36.7 Å². The minimum Gasteiger partial charge on any atom is -0.479 e. The molecule has 0 radical (unpaired) electrons. The molecule has 0 amide bonds. The summed E-state index contributed by atoms with van der Waals surface area (Å²) >= 11 is 0. The molecular formula is C25H22N8O2. The first-order valence-corrected chi connectivity index (χ1v) is 11.1. The summed E-state index contributed by atoms with van der Waals surface area (Å²) in [6, 6.07) is 12.0. The van der Waals surface area contributed by atoms with Crippen LogP contribution in [-0.4, -0.2) is 53.0 Å². The second kappa shape index (κ2) is 8.73. The van der Waals surface area contributed by atoms with Crippen molar-refractivity contribution < 1.29 is 9.47 Å². The maximum atomic E-state index is 5.86. The number of aryl methyl sites for hydroxylation is 1. The predicted molar refractivity (Wildman–Crippen MR) is 127 cm³/mol. The Morgan fingerprint density at radius 3 is 2.80 bits per heavy atom. The zero-order chi connectivity index (χ0) is 23.8. The van der Waals surface area contributed by atoms with E-state index in [2.05, 4.69) is 37.2 Å². The lowest BCUT2D eigenvalue weighted by molar-refractivity contribution is 0.0363. The highest BCUT2D eigenvalue weighted by Crippen LogP contribution is 2.32. The number of methoxy groups -OCH3 is 1. The number of ether oxygens (including phenoxy) is 2. The van der Waals surface area contributed by atoms with Crippen LogP contribution in [0.25, 0.3) is 28.5 Å². The molecule has 0 saturated carbocycles. The Labute approximate surface area is 201 Å². The van der Waals surface area contributed by atoms with Crippen LogP contribution in [0.3, 0.4) is 0 Å². The molecule has 0 spiro atoms. The van der Waals surface area contributed by atoms with Crippen LogP contribution in [0.2, 0.25) is 0 Å². The summed E-state index contributed by atoms with van der Waals surface area (Å²) in [4.78, 5) is 22.4. The number of fused-ring (bicyclic) bond motifs is 1. The summed E-state index contributed by atoms with van der Waals surface area (Å²) in [6.45, 7) is 2.79. The van der Waals surface area contributed by atoms with Gasteiger partial charge in [0, 0.05) is 24.2 Å². The second-order valence-electron chi connectivity index (χ2n) is 8.21. The number of pyridine rings is 1. The lowest BCUT2D eigenvalue weighted by Gasteiger charge is -2.23. The minimum atomic E-state index is -0.0725. The first kappa shape index (κ1) is 21.1. The zero-order valence-electron chi connectivity index (χ0n) is 19.2. The van der Waals surface area contributed by atoms with Crippen LogP contribution >= 0.6 is 0 Å². The number of aromatic nitrogens is 8. The van der Waals surface area contributed by atoms with Gasteiger partial charge in [-0.25, -0.2) is 19.6 Å². The van der Waals surface area contributed by atoms with Crippen LogP contribution < -0.4 is 4.74 Å². The van der Waals surface area contributed by atoms with E-state index in [0.717, 1.165) is 34.0 Å². The third-order valence-electron chi connectivity index (χ3n) is 5.91. The molecule has 1 aliphatic rings. The lowest BCUT2D eigenvalue weighted by atomic mass is 9.96. The Balaban J connectivity index is 1.35. The Bertz CT molecular complexity index is 1490. The number of hydrogen-bond donors (Lipinski definition) is 0. The zero-order valence-corrected chi connectivity index (χ0v) is 19.2. The number of imidazole rings is 1. The average molecular weight is 467 g/mol. The summed E-state index contributed by atoms with van der Waals surface area (Å²) in [5.41, 5.74) is 5.21. The highest BCUT2D eigenvalue weighted by Gasteiger charge is 2.28. The van der Waals surface area contributed by atoms with Crippen molar-refractivity contribution in [1.82, 2.24) is 39.3 Å². The molecule has 0 bridgehead atoms. The third kappa shape index (κ3) is 3.93. The van der Waals surface area contributed by atoms with Crippen molar-refractivity contribution in [1.29, 1.82) is 0 Å². The van der Waals surface area contributed by atoms with Gasteiger partial charge in [0.2, 0.25) is 5.88 Å². The molecule has 1 unspecified atom stereocenters. The SMILES string of the molecule is COc1nc(-c2nc3n(n2)COCC3c2cccc(-c3cnccn3)c2)ccc1-n1cnc(C)c1. The van der Waals surface area contributed by atoms with Gasteiger partial charge in [-0.15, -0.1) is 5.10 Å². The van der Waals surface area contributed by atoms with Crippen LogP contribution in [0.4, 0.5) is 0 Å². The minimum absolute atomic E-state index is 0.0725. The van der Waals surface area contributed by atoms with E-state index in [4.69, 9.17) is 14.5 Å². The maximum absolute atomic E-state index is 5.86. The molecule has 4 aromatic heterocycles. The van der Waals surface area contributed by atoms with E-state index in [1.165, 1.54) is 0 Å². The van der Waals surface area contributed by atoms with Gasteiger partial charge in [0.25, 0.3) is 0 Å². The van der Waals surface area contributed by atoms with E-state index in [1.807, 2.05) is 42.0 Å². The second-order valence-corrected chi connectivity index (χ2v) is 8.21. The quantitative estimate of drug-likeness (QED) is 0.388. The summed E-state index contributed by atoms with van der Waals surface area (Å²) in [5.74, 6) is 1.75. The smallest absolute Gasteiger partial charge is 0.238 e. The van der Waals surface area contributed by atoms with Gasteiger partial charge in [-0.2, -0.15) is 0 Å². The van der Waals surface area contributed by atoms with Gasteiger partial charge in [-0.3, -0.25) is 9.97 Å². The van der Waals surface area contributed by atoms with E-state index in [-0.39, 0.29) is 5.92 Å². The van der Waals surface area contributed by atoms with Crippen LogP contribution in [0.5, 0.6) is 5.88 Å². The fourth-order valence-corrected chi connectivity index (χ4v) is 4.21. The monoisotopic (exact) mass is 466 g/mol. The van der Waals surface area contributed by atoms with Crippen molar-refractivity contribution in [3.8, 4) is 34.3 Å². The van der Waals surface area contributed by atoms with Gasteiger partial charge in [0.1, 0.15) is 23.9 Å². The predicted octanol–water partition coefficient (Wildman–Crippen LogP) is 3.42. The average Bonchev–Trinajstić information content (AvgIpc) is 3.55. The van der Waals surface area contributed by atoms with E-state index in [9.17, 15) is 0 Å². The molecular weight excluding hydrogens is 444 g/mol. The Morgan fingerprint density at radius 2 is 2.00 bits per heavy atom. The first-order valence-electron chi connectivity index (χ1n) is 11.1. The Morgan fingerprint density at radius 1 is 1.06 bits per heavy atom. The highest BCUT2D eigenvalue weighted by atomic mass is 16.5. The van der Waals surface area contributed by atoms with Crippen molar-refractivity contribution in [2.75, 3.05) is 13.7 Å². The van der Waals surface area contributed by atoms with E-state index < -0.39 is 0 Å². The van der Waals surface area contributed by atoms with Crippen LogP contribution in [0.15, 0.2) is 67.5 Å². The summed E-state index contributed by atoms with van der Waals surface area (Å²) in [6.07, 6.45) is 8.77. The molecule has 0 fully saturated rings. The number of rotatable bonds is 5. The molecule has 6 rings (SSSR count). The van der Waals surface area contributed by atoms with Crippen LogP contribution in [0.1, 0.15) is 23.0 Å². The van der Waals surface area contributed by atoms with Crippen molar-refractivity contribution in [2.45, 2.75) is 19.6 Å². The molecule has 0 N–H and O–H groups in total. The molecule has 35 heavy (non-hydrogen) atoms. The molecule has 5 heterocycles. The lowest BCUT2D eigenvalue weighted by Crippen LogP contribution is -2.23. The summed E-state index contributed by atoms with van der Waals surface area (Å²) < 4.78 is 15.1. The van der Waals surface area contributed by atoms with Gasteiger partial charge >= 0.3 is 0 Å². The number of nitrogens with zero attached hydrogens (tertiary/aromatic N) is 8. The van der Waals surface area contributed by atoms with E-state index >= 15 is 0 Å². The molecule has 5 aromatic rings. The molecule has 1 aromatic carbocycles. The molecule has 1 atom stereocenters. The normalized spacial score (nSPS) is 15.1. The Kier molecular flexibility index (Phi) is 5.27. The van der Waals surface area contributed by atoms with Gasteiger partial charge < -0.3 is 14.0 Å². The summed E-state index contributed by atoms with van der Waals surface area (Å²) in [7, 11) is 1.60. The van der Waals surface area contributed by atoms with Crippen molar-refractivity contribution >= 4 is 0 Å². The van der Waals surface area contributed by atoms with Crippen LogP contribution in [0, 0.1) is 6.92 Å². The molecule has 0 saturated heterocycles. The van der Waals surface area contributed by atoms with Gasteiger partial charge in [0.15, 0.2) is 5.82 Å². The molecule has 10 nitrogen and oxygen atoms in total. The van der Waals surface area contributed by atoms with Crippen molar-refractivity contribution in [3.05, 3.63) is 84.6 Å². The van der Waals surface area contributed by atoms with Crippen molar-refractivity contribution in [2.24, 2.45) is 0 Å². The number of benzene rings is 1. The largest absolute Gasteiger partial charge is 0.479 e. The Hall–Kier alpha value is -4.44. The third-order valence-corrected chi connectivity index (χ3v) is 5.91. The number of hydrogen-bond acceptors (Lipinski definition) is 8. The van der Waals surface area contributed by atoms with E-state index in [0.29, 0.717) is 30.7 Å². The van der Waals surface area contributed by atoms with Gasteiger partial charge in [-0.1, -0.05) is 18.2 Å². The molecule has 0 aliphatic carbocycles. The first-order chi connectivity index (χ1) is 17.2. The molecule has 1 aliphatic heterocycles. The standard InChI is InChI=1S/C25H22N8O2/c1-16-12-32(14-28-16)22-7-6-20(29-25(22)34-2)23-30-24-19(13-35-15-33(24)31-23)17-4-3-5-18(10-17)21-11-26-8-9-27-21/h3-12,14,19H,13,15H2,1-2H3. The van der Waals surface area contributed by atoms with Gasteiger partial charge in [-0.05, 0) is 30.7 Å². The van der Waals surface area contributed by atoms with Crippen molar-refractivity contribution in [3.63, 3.8) is 0 Å². The fourth-order valence-electron chi connectivity index (χ4n) is 4.21. The van der Waals surface area contributed by atoms with Gasteiger partial charge in [0.05, 0.1) is 43.5 Å². The van der Waals surface area contributed by atoms with Crippen LogP contribution in [-0.2, 0) is 11.5 Å².